The van der Waals surface area contributed by atoms with Gasteiger partial charge in [0.05, 0.1) is 5.56 Å². The SMILES string of the molecule is CCC(CC)Nc1ncc(C#Cc2ccc(CC(C)CC(C)=O)cc2)cn1. The van der Waals surface area contributed by atoms with E-state index in [2.05, 4.69) is 60.0 Å². The molecule has 0 saturated carbocycles. The van der Waals surface area contributed by atoms with Gasteiger partial charge in [-0.3, -0.25) is 0 Å². The van der Waals surface area contributed by atoms with Gasteiger partial charge in [-0.05, 0) is 49.8 Å². The second-order valence-electron chi connectivity index (χ2n) is 7.12. The Hall–Kier alpha value is -2.67. The molecule has 2 rings (SSSR count). The summed E-state index contributed by atoms with van der Waals surface area (Å²) in [7, 11) is 0. The van der Waals surface area contributed by atoms with Gasteiger partial charge in [-0.15, -0.1) is 0 Å². The predicted octanol–water partition coefficient (Wildman–Crippen LogP) is 4.63. The van der Waals surface area contributed by atoms with Gasteiger partial charge < -0.3 is 10.1 Å². The van der Waals surface area contributed by atoms with Crippen molar-refractivity contribution in [2.45, 2.75) is 59.4 Å². The molecule has 1 aromatic carbocycles. The molecule has 2 aromatic rings. The molecule has 4 heteroatoms. The molecule has 0 aliphatic carbocycles. The molecular formula is C23H29N3O. The third-order valence-electron chi connectivity index (χ3n) is 4.50. The highest BCUT2D eigenvalue weighted by atomic mass is 16.1. The second kappa shape index (κ2) is 10.5. The van der Waals surface area contributed by atoms with Crippen molar-refractivity contribution in [3.05, 3.63) is 53.3 Å². The van der Waals surface area contributed by atoms with E-state index in [0.717, 1.165) is 30.4 Å². The van der Waals surface area contributed by atoms with Crippen molar-refractivity contribution in [2.75, 3.05) is 5.32 Å². The number of carbonyl (C=O) groups excluding carboxylic acids is 1. The summed E-state index contributed by atoms with van der Waals surface area (Å²) in [6.07, 6.45) is 7.14. The quantitative estimate of drug-likeness (QED) is 0.695. The molecule has 27 heavy (non-hydrogen) atoms. The van der Waals surface area contributed by atoms with Gasteiger partial charge in [0.1, 0.15) is 5.78 Å². The first kappa shape index (κ1) is 20.6. The van der Waals surface area contributed by atoms with E-state index in [9.17, 15) is 4.79 Å². The van der Waals surface area contributed by atoms with Gasteiger partial charge in [0.15, 0.2) is 0 Å². The molecule has 0 saturated heterocycles. The smallest absolute Gasteiger partial charge is 0.222 e. The van der Waals surface area contributed by atoms with Crippen LogP contribution in [-0.2, 0) is 11.2 Å². The maximum Gasteiger partial charge on any atom is 0.222 e. The molecule has 0 aliphatic heterocycles. The first-order valence-corrected chi connectivity index (χ1v) is 9.69. The maximum absolute atomic E-state index is 11.2. The highest BCUT2D eigenvalue weighted by molar-refractivity contribution is 5.75. The fraction of sp³-hybridized carbons (Fsp3) is 0.435. The number of hydrogen-bond donors (Lipinski definition) is 1. The van der Waals surface area contributed by atoms with Crippen LogP contribution in [0.1, 0.15) is 63.6 Å². The number of anilines is 1. The second-order valence-corrected chi connectivity index (χ2v) is 7.12. The topological polar surface area (TPSA) is 54.9 Å². The van der Waals surface area contributed by atoms with Crippen LogP contribution in [0.5, 0.6) is 0 Å². The van der Waals surface area contributed by atoms with Crippen molar-refractivity contribution in [2.24, 2.45) is 5.92 Å². The van der Waals surface area contributed by atoms with Crippen LogP contribution in [0.3, 0.4) is 0 Å². The zero-order valence-corrected chi connectivity index (χ0v) is 16.7. The van der Waals surface area contributed by atoms with Crippen LogP contribution in [0.2, 0.25) is 0 Å². The molecule has 1 atom stereocenters. The molecule has 0 amide bonds. The molecule has 4 nitrogen and oxygen atoms in total. The number of ketones is 1. The number of aromatic nitrogens is 2. The van der Waals surface area contributed by atoms with Crippen LogP contribution in [0.25, 0.3) is 0 Å². The summed E-state index contributed by atoms with van der Waals surface area (Å²) in [5.74, 6) is 7.52. The van der Waals surface area contributed by atoms with Crippen LogP contribution >= 0.6 is 0 Å². The number of Topliss-reactive ketones (excluding diaryl/α,β-unsaturated/α-hetero) is 1. The van der Waals surface area contributed by atoms with E-state index in [-0.39, 0.29) is 5.78 Å². The molecule has 0 fully saturated rings. The van der Waals surface area contributed by atoms with Gasteiger partial charge in [0.25, 0.3) is 0 Å². The molecule has 1 N–H and O–H groups in total. The summed E-state index contributed by atoms with van der Waals surface area (Å²) in [6.45, 7) is 8.05. The van der Waals surface area contributed by atoms with Gasteiger partial charge in [-0.25, -0.2) is 9.97 Å². The average molecular weight is 364 g/mol. The van der Waals surface area contributed by atoms with Crippen LogP contribution < -0.4 is 5.32 Å². The van der Waals surface area contributed by atoms with Crippen molar-refractivity contribution >= 4 is 11.7 Å². The van der Waals surface area contributed by atoms with Crippen LogP contribution in [0.4, 0.5) is 5.95 Å². The minimum atomic E-state index is 0.244. The highest BCUT2D eigenvalue weighted by Crippen LogP contribution is 2.13. The van der Waals surface area contributed by atoms with Gasteiger partial charge in [-0.1, -0.05) is 44.7 Å². The number of rotatable bonds is 8. The Balaban J connectivity index is 1.96. The Morgan fingerprint density at radius 1 is 1.04 bits per heavy atom. The van der Waals surface area contributed by atoms with E-state index < -0.39 is 0 Å². The van der Waals surface area contributed by atoms with Gasteiger partial charge >= 0.3 is 0 Å². The van der Waals surface area contributed by atoms with Crippen molar-refractivity contribution in [3.8, 4) is 11.8 Å². The molecule has 0 aliphatic rings. The molecule has 1 heterocycles. The standard InChI is InChI=1S/C23H29N3O/c1-5-22(6-2)26-23-24-15-21(16-25-23)12-9-19-7-10-20(11-8-19)14-17(3)13-18(4)27/h7-8,10-11,15-17,22H,5-6,13-14H2,1-4H3,(H,24,25,26). The Kier molecular flexibility index (Phi) is 8.00. The molecule has 1 aromatic heterocycles. The van der Waals surface area contributed by atoms with E-state index in [4.69, 9.17) is 0 Å². The largest absolute Gasteiger partial charge is 0.352 e. The van der Waals surface area contributed by atoms with Crippen LogP contribution in [-0.4, -0.2) is 21.8 Å². The fourth-order valence-electron chi connectivity index (χ4n) is 2.98. The third-order valence-corrected chi connectivity index (χ3v) is 4.50. The lowest BCUT2D eigenvalue weighted by molar-refractivity contribution is -0.117. The summed E-state index contributed by atoms with van der Waals surface area (Å²) in [5, 5.41) is 3.32. The van der Waals surface area contributed by atoms with Gasteiger partial charge in [-0.2, -0.15) is 0 Å². The number of nitrogens with zero attached hydrogens (tertiary/aromatic N) is 2. The lowest BCUT2D eigenvalue weighted by Crippen LogP contribution is -2.18. The zero-order chi connectivity index (χ0) is 19.6. The fourth-order valence-corrected chi connectivity index (χ4v) is 2.98. The summed E-state index contributed by atoms with van der Waals surface area (Å²) in [6, 6.07) is 8.61. The Morgan fingerprint density at radius 3 is 2.19 bits per heavy atom. The van der Waals surface area contributed by atoms with E-state index in [1.807, 2.05) is 12.1 Å². The van der Waals surface area contributed by atoms with Gasteiger partial charge in [0.2, 0.25) is 5.95 Å². The summed E-state index contributed by atoms with van der Waals surface area (Å²) in [5.41, 5.74) is 2.98. The van der Waals surface area contributed by atoms with E-state index in [1.165, 1.54) is 5.56 Å². The van der Waals surface area contributed by atoms with Crippen molar-refractivity contribution in [1.82, 2.24) is 9.97 Å². The lowest BCUT2D eigenvalue weighted by atomic mass is 9.96. The first-order valence-electron chi connectivity index (χ1n) is 9.69. The summed E-state index contributed by atoms with van der Waals surface area (Å²) >= 11 is 0. The molecule has 142 valence electrons. The normalized spacial score (nSPS) is 11.6. The van der Waals surface area contributed by atoms with Crippen molar-refractivity contribution in [1.29, 1.82) is 0 Å². The highest BCUT2D eigenvalue weighted by Gasteiger charge is 2.06. The third kappa shape index (κ3) is 7.22. The van der Waals surface area contributed by atoms with Crippen LogP contribution in [0.15, 0.2) is 36.7 Å². The number of benzene rings is 1. The number of hydrogen-bond acceptors (Lipinski definition) is 4. The van der Waals surface area contributed by atoms with Crippen LogP contribution in [0, 0.1) is 17.8 Å². The maximum atomic E-state index is 11.2. The van der Waals surface area contributed by atoms with E-state index in [0.29, 0.717) is 24.3 Å². The van der Waals surface area contributed by atoms with Crippen molar-refractivity contribution in [3.63, 3.8) is 0 Å². The Morgan fingerprint density at radius 2 is 1.63 bits per heavy atom. The first-order chi connectivity index (χ1) is 13.0. The molecule has 0 radical (unpaired) electrons. The number of carbonyl (C=O) groups is 1. The Bertz CT molecular complexity index is 781. The lowest BCUT2D eigenvalue weighted by Gasteiger charge is -2.13. The van der Waals surface area contributed by atoms with Gasteiger partial charge in [0, 0.05) is 30.4 Å². The summed E-state index contributed by atoms with van der Waals surface area (Å²) in [4.78, 5) is 19.9. The van der Waals surface area contributed by atoms with Crippen molar-refractivity contribution < 1.29 is 4.79 Å². The minimum Gasteiger partial charge on any atom is -0.352 e. The molecule has 0 spiro atoms. The molecule has 1 unspecified atom stereocenters. The minimum absolute atomic E-state index is 0.244. The van der Waals surface area contributed by atoms with E-state index in [1.54, 1.807) is 19.3 Å². The summed E-state index contributed by atoms with van der Waals surface area (Å²) < 4.78 is 0. The Labute approximate surface area is 162 Å². The van der Waals surface area contributed by atoms with E-state index >= 15 is 0 Å². The monoisotopic (exact) mass is 363 g/mol. The molecular weight excluding hydrogens is 334 g/mol. The molecule has 0 bridgehead atoms. The average Bonchev–Trinajstić information content (AvgIpc) is 2.66. The zero-order valence-electron chi connectivity index (χ0n) is 16.7. The predicted molar refractivity (Wildman–Crippen MR) is 111 cm³/mol. The number of nitrogens with one attached hydrogen (secondary N) is 1.